The lowest BCUT2D eigenvalue weighted by atomic mass is 10.1. The third-order valence-electron chi connectivity index (χ3n) is 2.93. The Bertz CT molecular complexity index is 340. The van der Waals surface area contributed by atoms with Gasteiger partial charge in [0.1, 0.15) is 24.3 Å². The molecule has 0 radical (unpaired) electrons. The monoisotopic (exact) mass is 255 g/mol. The molecule has 2 N–H and O–H groups in total. The average molecular weight is 255 g/mol. The standard InChI is InChI=1S/C14H22FNO2/c1-10(2)11(3)16-8-13(17)9-18-14-6-4-12(15)5-7-14/h4-7,10-11,13,16-17H,8-9H2,1-3H3. The average Bonchev–Trinajstić information content (AvgIpc) is 2.35. The van der Waals surface area contributed by atoms with E-state index in [1.54, 1.807) is 12.1 Å². The molecule has 1 aromatic rings. The van der Waals surface area contributed by atoms with Crippen molar-refractivity contribution < 1.29 is 14.2 Å². The second-order valence-corrected chi connectivity index (χ2v) is 4.86. The van der Waals surface area contributed by atoms with Crippen LogP contribution in [0.4, 0.5) is 4.39 Å². The molecule has 0 spiro atoms. The highest BCUT2D eigenvalue weighted by Crippen LogP contribution is 2.11. The smallest absolute Gasteiger partial charge is 0.123 e. The number of aliphatic hydroxyl groups is 1. The molecule has 0 bridgehead atoms. The van der Waals surface area contributed by atoms with Crippen molar-refractivity contribution in [2.24, 2.45) is 5.92 Å². The molecule has 4 heteroatoms. The fraction of sp³-hybridized carbons (Fsp3) is 0.571. The molecular formula is C14H22FNO2. The molecule has 1 rings (SSSR count). The third-order valence-corrected chi connectivity index (χ3v) is 2.93. The van der Waals surface area contributed by atoms with Crippen molar-refractivity contribution in [1.29, 1.82) is 0 Å². The van der Waals surface area contributed by atoms with Crippen LogP contribution in [0, 0.1) is 11.7 Å². The Hall–Kier alpha value is -1.13. The lowest BCUT2D eigenvalue weighted by molar-refractivity contribution is 0.102. The van der Waals surface area contributed by atoms with Gasteiger partial charge in [0.25, 0.3) is 0 Å². The van der Waals surface area contributed by atoms with Crippen LogP contribution in [0.2, 0.25) is 0 Å². The third kappa shape index (κ3) is 5.47. The number of rotatable bonds is 7. The van der Waals surface area contributed by atoms with Crippen molar-refractivity contribution in [1.82, 2.24) is 5.32 Å². The first kappa shape index (κ1) is 14.9. The fourth-order valence-electron chi connectivity index (χ4n) is 1.34. The molecule has 0 saturated carbocycles. The SMILES string of the molecule is CC(C)C(C)NCC(O)COc1ccc(F)cc1. The first-order chi connectivity index (χ1) is 8.49. The number of ether oxygens (including phenoxy) is 1. The van der Waals surface area contributed by atoms with Crippen LogP contribution in [0.25, 0.3) is 0 Å². The van der Waals surface area contributed by atoms with Crippen LogP contribution in [0.15, 0.2) is 24.3 Å². The summed E-state index contributed by atoms with van der Waals surface area (Å²) in [4.78, 5) is 0. The van der Waals surface area contributed by atoms with Crippen molar-refractivity contribution >= 4 is 0 Å². The van der Waals surface area contributed by atoms with Gasteiger partial charge < -0.3 is 15.2 Å². The molecule has 0 saturated heterocycles. The Balaban J connectivity index is 2.24. The van der Waals surface area contributed by atoms with Gasteiger partial charge in [-0.1, -0.05) is 13.8 Å². The van der Waals surface area contributed by atoms with Crippen molar-refractivity contribution in [3.05, 3.63) is 30.1 Å². The molecule has 0 fully saturated rings. The Labute approximate surface area is 108 Å². The maximum absolute atomic E-state index is 12.7. The summed E-state index contributed by atoms with van der Waals surface area (Å²) >= 11 is 0. The fourth-order valence-corrected chi connectivity index (χ4v) is 1.34. The van der Waals surface area contributed by atoms with Crippen molar-refractivity contribution in [2.45, 2.75) is 32.9 Å². The molecule has 0 aromatic heterocycles. The van der Waals surface area contributed by atoms with Gasteiger partial charge in [0.05, 0.1) is 0 Å². The van der Waals surface area contributed by atoms with Crippen LogP contribution in [-0.2, 0) is 0 Å². The van der Waals surface area contributed by atoms with E-state index in [0.717, 1.165) is 0 Å². The molecule has 0 heterocycles. The molecule has 3 nitrogen and oxygen atoms in total. The summed E-state index contributed by atoms with van der Waals surface area (Å²) < 4.78 is 18.0. The van der Waals surface area contributed by atoms with Crippen molar-refractivity contribution in [2.75, 3.05) is 13.2 Å². The van der Waals surface area contributed by atoms with Gasteiger partial charge in [-0.3, -0.25) is 0 Å². The molecular weight excluding hydrogens is 233 g/mol. The zero-order valence-corrected chi connectivity index (χ0v) is 11.2. The van der Waals surface area contributed by atoms with E-state index in [9.17, 15) is 9.50 Å². The number of aliphatic hydroxyl groups excluding tert-OH is 1. The van der Waals surface area contributed by atoms with Gasteiger partial charge in [-0.15, -0.1) is 0 Å². The van der Waals surface area contributed by atoms with Crippen LogP contribution in [0.5, 0.6) is 5.75 Å². The molecule has 0 amide bonds. The van der Waals surface area contributed by atoms with Crippen molar-refractivity contribution in [3.63, 3.8) is 0 Å². The van der Waals surface area contributed by atoms with Gasteiger partial charge in [-0.25, -0.2) is 4.39 Å². The Morgan fingerprint density at radius 1 is 1.22 bits per heavy atom. The Kier molecular flexibility index (Phi) is 6.09. The first-order valence-electron chi connectivity index (χ1n) is 6.29. The quantitative estimate of drug-likeness (QED) is 0.785. The summed E-state index contributed by atoms with van der Waals surface area (Å²) in [6, 6.07) is 6.12. The molecule has 102 valence electrons. The van der Waals surface area contributed by atoms with Crippen molar-refractivity contribution in [3.8, 4) is 5.75 Å². The molecule has 18 heavy (non-hydrogen) atoms. The predicted molar refractivity (Wildman–Crippen MR) is 70.2 cm³/mol. The van der Waals surface area contributed by atoms with E-state index in [-0.39, 0.29) is 12.4 Å². The maximum Gasteiger partial charge on any atom is 0.123 e. The largest absolute Gasteiger partial charge is 0.491 e. The lowest BCUT2D eigenvalue weighted by Crippen LogP contribution is -2.38. The number of hydrogen-bond donors (Lipinski definition) is 2. The van der Waals surface area contributed by atoms with Crippen LogP contribution in [0.1, 0.15) is 20.8 Å². The van der Waals surface area contributed by atoms with Gasteiger partial charge in [-0.05, 0) is 37.1 Å². The highest BCUT2D eigenvalue weighted by atomic mass is 19.1. The molecule has 2 unspecified atom stereocenters. The number of halogens is 1. The Morgan fingerprint density at radius 3 is 2.39 bits per heavy atom. The van der Waals surface area contributed by atoms with E-state index in [1.807, 2.05) is 0 Å². The predicted octanol–water partition coefficient (Wildman–Crippen LogP) is 2.20. The van der Waals surface area contributed by atoms with E-state index >= 15 is 0 Å². The second kappa shape index (κ2) is 7.34. The van der Waals surface area contributed by atoms with E-state index in [1.165, 1.54) is 12.1 Å². The minimum Gasteiger partial charge on any atom is -0.491 e. The maximum atomic E-state index is 12.7. The molecule has 0 aliphatic carbocycles. The highest BCUT2D eigenvalue weighted by molar-refractivity contribution is 5.22. The first-order valence-corrected chi connectivity index (χ1v) is 6.29. The molecule has 0 aliphatic rings. The molecule has 0 aliphatic heterocycles. The van der Waals surface area contributed by atoms with Gasteiger partial charge >= 0.3 is 0 Å². The van der Waals surface area contributed by atoms with Gasteiger partial charge in [-0.2, -0.15) is 0 Å². The summed E-state index contributed by atoms with van der Waals surface area (Å²) in [6.07, 6.45) is -0.573. The second-order valence-electron chi connectivity index (χ2n) is 4.86. The lowest BCUT2D eigenvalue weighted by Gasteiger charge is -2.20. The van der Waals surface area contributed by atoms with Gasteiger partial charge in [0, 0.05) is 12.6 Å². The minimum atomic E-state index is -0.573. The summed E-state index contributed by atoms with van der Waals surface area (Å²) in [5.41, 5.74) is 0. The minimum absolute atomic E-state index is 0.198. The number of hydrogen-bond acceptors (Lipinski definition) is 3. The molecule has 1 aromatic carbocycles. The number of benzene rings is 1. The zero-order chi connectivity index (χ0) is 13.5. The summed E-state index contributed by atoms with van der Waals surface area (Å²) in [6.45, 7) is 7.01. The normalized spacial score (nSPS) is 14.6. The zero-order valence-electron chi connectivity index (χ0n) is 11.2. The van der Waals surface area contributed by atoms with Crippen LogP contribution < -0.4 is 10.1 Å². The van der Waals surface area contributed by atoms with E-state index in [0.29, 0.717) is 24.3 Å². The molecule has 2 atom stereocenters. The summed E-state index contributed by atoms with van der Waals surface area (Å²) in [7, 11) is 0. The van der Waals surface area contributed by atoms with E-state index < -0.39 is 6.10 Å². The Morgan fingerprint density at radius 2 is 1.83 bits per heavy atom. The summed E-state index contributed by atoms with van der Waals surface area (Å²) in [5.74, 6) is 0.790. The van der Waals surface area contributed by atoms with Crippen LogP contribution in [0.3, 0.4) is 0 Å². The summed E-state index contributed by atoms with van der Waals surface area (Å²) in [5, 5.41) is 13.0. The van der Waals surface area contributed by atoms with E-state index in [4.69, 9.17) is 4.74 Å². The van der Waals surface area contributed by atoms with Gasteiger partial charge in [0.2, 0.25) is 0 Å². The van der Waals surface area contributed by atoms with E-state index in [2.05, 4.69) is 26.1 Å². The van der Waals surface area contributed by atoms with Crippen LogP contribution >= 0.6 is 0 Å². The number of nitrogens with one attached hydrogen (secondary N) is 1. The van der Waals surface area contributed by atoms with Gasteiger partial charge in [0.15, 0.2) is 0 Å². The highest BCUT2D eigenvalue weighted by Gasteiger charge is 2.10. The topological polar surface area (TPSA) is 41.5 Å². The van der Waals surface area contributed by atoms with Crippen LogP contribution in [-0.4, -0.2) is 30.4 Å².